The highest BCUT2D eigenvalue weighted by Gasteiger charge is 2.22. The Bertz CT molecular complexity index is 493. The minimum absolute atomic E-state index is 0.0546. The summed E-state index contributed by atoms with van der Waals surface area (Å²) in [5.74, 6) is -2.01. The summed E-state index contributed by atoms with van der Waals surface area (Å²) in [5, 5.41) is 15.4. The van der Waals surface area contributed by atoms with Gasteiger partial charge in [0, 0.05) is 19.2 Å². The second-order valence-corrected chi connectivity index (χ2v) is 4.98. The van der Waals surface area contributed by atoms with Crippen molar-refractivity contribution in [3.63, 3.8) is 0 Å². The van der Waals surface area contributed by atoms with E-state index in [4.69, 9.17) is 4.74 Å². The Morgan fingerprint density at radius 3 is 2.95 bits per heavy atom. The second-order valence-electron chi connectivity index (χ2n) is 4.98. The van der Waals surface area contributed by atoms with E-state index in [1.165, 1.54) is 6.07 Å². The first-order chi connectivity index (χ1) is 10.1. The van der Waals surface area contributed by atoms with Gasteiger partial charge in [0.2, 0.25) is 5.91 Å². The highest BCUT2D eigenvalue weighted by atomic mass is 19.2. The monoisotopic (exact) mass is 300 g/mol. The van der Waals surface area contributed by atoms with Gasteiger partial charge >= 0.3 is 0 Å². The maximum atomic E-state index is 12.9. The highest BCUT2D eigenvalue weighted by Crippen LogP contribution is 2.15. The van der Waals surface area contributed by atoms with Gasteiger partial charge < -0.3 is 20.5 Å². The minimum atomic E-state index is -1.01. The smallest absolute Gasteiger partial charge is 0.224 e. The molecule has 0 bridgehead atoms. The van der Waals surface area contributed by atoms with Crippen LogP contribution in [-0.4, -0.2) is 43.4 Å². The van der Waals surface area contributed by atoms with Gasteiger partial charge in [-0.25, -0.2) is 8.78 Å². The summed E-state index contributed by atoms with van der Waals surface area (Å²) in [7, 11) is 0. The number of nitrogens with one attached hydrogen (secondary N) is 2. The Morgan fingerprint density at radius 1 is 1.48 bits per heavy atom. The van der Waals surface area contributed by atoms with Gasteiger partial charge in [0.15, 0.2) is 11.6 Å². The molecule has 2 rings (SSSR count). The summed E-state index contributed by atoms with van der Waals surface area (Å²) in [6.07, 6.45) is -0.135. The molecule has 5 nitrogen and oxygen atoms in total. The molecule has 1 aromatic carbocycles. The third kappa shape index (κ3) is 4.64. The van der Waals surface area contributed by atoms with E-state index in [0.717, 1.165) is 25.1 Å². The van der Waals surface area contributed by atoms with E-state index < -0.39 is 17.7 Å². The summed E-state index contributed by atoms with van der Waals surface area (Å²) in [6, 6.07) is 3.13. The van der Waals surface area contributed by atoms with Crippen molar-refractivity contribution in [2.45, 2.75) is 12.5 Å². The Hall–Kier alpha value is -1.73. The third-order valence-corrected chi connectivity index (χ3v) is 3.28. The zero-order valence-electron chi connectivity index (χ0n) is 11.4. The van der Waals surface area contributed by atoms with Crippen LogP contribution in [-0.2, 0) is 4.79 Å². The number of hydrogen-bond donors (Lipinski definition) is 3. The molecule has 1 aliphatic rings. The Balaban J connectivity index is 1.70. The number of aliphatic hydroxyl groups excluding tert-OH is 1. The second kappa shape index (κ2) is 7.33. The number of ether oxygens (including phenoxy) is 1. The number of hydrogen-bond acceptors (Lipinski definition) is 4. The van der Waals surface area contributed by atoms with Crippen molar-refractivity contribution in [1.29, 1.82) is 0 Å². The van der Waals surface area contributed by atoms with Gasteiger partial charge in [-0.05, 0) is 25.1 Å². The standard InChI is InChI=1S/C14H18F2N2O3/c15-12-2-1-11(5-13(12)16)21-8-10(19)7-18-14(20)9-3-4-17-6-9/h1-2,5,9-10,17,19H,3-4,6-8H2,(H,18,20). The van der Waals surface area contributed by atoms with Crippen LogP contribution < -0.4 is 15.4 Å². The fourth-order valence-electron chi connectivity index (χ4n) is 2.06. The van der Waals surface area contributed by atoms with Crippen molar-refractivity contribution in [3.05, 3.63) is 29.8 Å². The summed E-state index contributed by atoms with van der Waals surface area (Å²) in [5.41, 5.74) is 0. The van der Waals surface area contributed by atoms with Crippen LogP contribution in [0.2, 0.25) is 0 Å². The van der Waals surface area contributed by atoms with Crippen LogP contribution in [0.1, 0.15) is 6.42 Å². The van der Waals surface area contributed by atoms with Crippen LogP contribution in [0, 0.1) is 17.6 Å². The molecule has 1 saturated heterocycles. The lowest BCUT2D eigenvalue weighted by atomic mass is 10.1. The molecule has 1 aromatic rings. The molecule has 7 heteroatoms. The molecule has 0 aliphatic carbocycles. The lowest BCUT2D eigenvalue weighted by molar-refractivity contribution is -0.124. The van der Waals surface area contributed by atoms with E-state index in [0.29, 0.717) is 6.54 Å². The fraction of sp³-hybridized carbons (Fsp3) is 0.500. The predicted octanol–water partition coefficient (Wildman–Crippen LogP) is 0.430. The van der Waals surface area contributed by atoms with Crippen molar-refractivity contribution >= 4 is 5.91 Å². The van der Waals surface area contributed by atoms with Gasteiger partial charge in [-0.1, -0.05) is 0 Å². The van der Waals surface area contributed by atoms with Crippen molar-refractivity contribution in [2.24, 2.45) is 5.92 Å². The van der Waals surface area contributed by atoms with Crippen LogP contribution in [0.3, 0.4) is 0 Å². The van der Waals surface area contributed by atoms with Gasteiger partial charge in [0.1, 0.15) is 18.5 Å². The molecule has 1 heterocycles. The molecular weight excluding hydrogens is 282 g/mol. The molecule has 2 atom stereocenters. The predicted molar refractivity (Wildman–Crippen MR) is 71.8 cm³/mol. The Kier molecular flexibility index (Phi) is 5.46. The quantitative estimate of drug-likeness (QED) is 0.712. The van der Waals surface area contributed by atoms with Gasteiger partial charge in [0.05, 0.1) is 5.92 Å². The molecule has 0 saturated carbocycles. The number of amides is 1. The van der Waals surface area contributed by atoms with Gasteiger partial charge in [-0.15, -0.1) is 0 Å². The van der Waals surface area contributed by atoms with Gasteiger partial charge in [0.25, 0.3) is 0 Å². The number of carbonyl (C=O) groups is 1. The molecule has 1 amide bonds. The number of benzene rings is 1. The molecule has 3 N–H and O–H groups in total. The van der Waals surface area contributed by atoms with E-state index in [-0.39, 0.29) is 30.7 Å². The number of carbonyl (C=O) groups excluding carboxylic acids is 1. The van der Waals surface area contributed by atoms with Crippen LogP contribution in [0.15, 0.2) is 18.2 Å². The first-order valence-electron chi connectivity index (χ1n) is 6.80. The molecule has 0 aromatic heterocycles. The van der Waals surface area contributed by atoms with Crippen LogP contribution in [0.25, 0.3) is 0 Å². The average Bonchev–Trinajstić information content (AvgIpc) is 3.00. The molecule has 0 spiro atoms. The Labute approximate surface area is 121 Å². The van der Waals surface area contributed by atoms with Crippen molar-refractivity contribution < 1.29 is 23.4 Å². The van der Waals surface area contributed by atoms with Crippen LogP contribution in [0.5, 0.6) is 5.75 Å². The number of halogens is 2. The fourth-order valence-corrected chi connectivity index (χ4v) is 2.06. The van der Waals surface area contributed by atoms with Gasteiger partial charge in [-0.2, -0.15) is 0 Å². The summed E-state index contributed by atoms with van der Waals surface area (Å²) in [4.78, 5) is 11.7. The molecule has 21 heavy (non-hydrogen) atoms. The topological polar surface area (TPSA) is 70.6 Å². The normalized spacial score (nSPS) is 19.3. The van der Waals surface area contributed by atoms with Crippen molar-refractivity contribution in [3.8, 4) is 5.75 Å². The molecule has 116 valence electrons. The maximum absolute atomic E-state index is 12.9. The van der Waals surface area contributed by atoms with Crippen LogP contribution >= 0.6 is 0 Å². The SMILES string of the molecule is O=C(NCC(O)COc1ccc(F)c(F)c1)C1CCNC1. The third-order valence-electron chi connectivity index (χ3n) is 3.28. The van der Waals surface area contributed by atoms with Gasteiger partial charge in [-0.3, -0.25) is 4.79 Å². The van der Waals surface area contributed by atoms with E-state index >= 15 is 0 Å². The molecular formula is C14H18F2N2O3. The Morgan fingerprint density at radius 2 is 2.29 bits per heavy atom. The van der Waals surface area contributed by atoms with E-state index in [1.807, 2.05) is 0 Å². The highest BCUT2D eigenvalue weighted by molar-refractivity contribution is 5.79. The minimum Gasteiger partial charge on any atom is -0.491 e. The maximum Gasteiger partial charge on any atom is 0.224 e. The zero-order valence-corrected chi connectivity index (χ0v) is 11.4. The summed E-state index contributed by atoms with van der Waals surface area (Å²) >= 11 is 0. The van der Waals surface area contributed by atoms with Crippen molar-refractivity contribution in [2.75, 3.05) is 26.2 Å². The zero-order chi connectivity index (χ0) is 15.2. The number of rotatable bonds is 6. The summed E-state index contributed by atoms with van der Waals surface area (Å²) in [6.45, 7) is 1.40. The average molecular weight is 300 g/mol. The lowest BCUT2D eigenvalue weighted by Crippen LogP contribution is -2.39. The van der Waals surface area contributed by atoms with E-state index in [2.05, 4.69) is 10.6 Å². The first kappa shape index (κ1) is 15.7. The molecule has 1 aliphatic heterocycles. The lowest BCUT2D eigenvalue weighted by Gasteiger charge is -2.15. The van der Waals surface area contributed by atoms with Crippen molar-refractivity contribution in [1.82, 2.24) is 10.6 Å². The van der Waals surface area contributed by atoms with E-state index in [9.17, 15) is 18.7 Å². The van der Waals surface area contributed by atoms with Crippen LogP contribution in [0.4, 0.5) is 8.78 Å². The molecule has 1 fully saturated rings. The van der Waals surface area contributed by atoms with E-state index in [1.54, 1.807) is 0 Å². The summed E-state index contributed by atoms with van der Waals surface area (Å²) < 4.78 is 30.8. The molecule has 2 unspecified atom stereocenters. The largest absolute Gasteiger partial charge is 0.491 e. The number of aliphatic hydroxyl groups is 1. The molecule has 0 radical (unpaired) electrons. The first-order valence-corrected chi connectivity index (χ1v) is 6.80.